The summed E-state index contributed by atoms with van der Waals surface area (Å²) in [5.74, 6) is 2.22. The molecule has 1 atom stereocenters. The van der Waals surface area contributed by atoms with E-state index in [2.05, 4.69) is 54.4 Å². The standard InChI is InChI=1S/C29H39N3O/c1-3-25(4-2)29(28-9-6-5-8-24(28)14-17-31-29)26-15-19-32(20-16-26)18-7-21-33-27-12-10-23(22-30)11-13-27/h5-6,8-13,25-26,31H,3-4,7,14-21H2,1-2H3. The first kappa shape index (κ1) is 23.8. The van der Waals surface area contributed by atoms with Crippen LogP contribution in [0.3, 0.4) is 0 Å². The van der Waals surface area contributed by atoms with Crippen molar-refractivity contribution in [3.8, 4) is 11.8 Å². The van der Waals surface area contributed by atoms with E-state index in [1.807, 2.05) is 24.3 Å². The van der Waals surface area contributed by atoms with E-state index in [0.717, 1.165) is 38.3 Å². The summed E-state index contributed by atoms with van der Waals surface area (Å²) in [4.78, 5) is 2.62. The molecule has 0 aliphatic carbocycles. The van der Waals surface area contributed by atoms with Gasteiger partial charge in [0.25, 0.3) is 0 Å². The maximum atomic E-state index is 8.91. The number of rotatable bonds is 9. The lowest BCUT2D eigenvalue weighted by molar-refractivity contribution is 0.0488. The van der Waals surface area contributed by atoms with Crippen LogP contribution in [0.5, 0.6) is 5.75 Å². The number of piperidine rings is 1. The molecule has 33 heavy (non-hydrogen) atoms. The van der Waals surface area contributed by atoms with E-state index in [-0.39, 0.29) is 5.54 Å². The van der Waals surface area contributed by atoms with E-state index in [4.69, 9.17) is 10.00 Å². The van der Waals surface area contributed by atoms with Gasteiger partial charge in [0.15, 0.2) is 0 Å². The zero-order valence-corrected chi connectivity index (χ0v) is 20.4. The predicted octanol–water partition coefficient (Wildman–Crippen LogP) is 5.52. The number of nitrogens with zero attached hydrogens (tertiary/aromatic N) is 2. The molecule has 2 aromatic rings. The SMILES string of the molecule is CCC(CC)C1(C2CCN(CCCOc3ccc(C#N)cc3)CC2)NCCc2ccccc21. The smallest absolute Gasteiger partial charge is 0.119 e. The molecule has 1 fully saturated rings. The zero-order chi connectivity index (χ0) is 23.1. The lowest BCUT2D eigenvalue weighted by Gasteiger charge is -2.52. The second kappa shape index (κ2) is 11.2. The van der Waals surface area contributed by atoms with Gasteiger partial charge in [-0.2, -0.15) is 5.26 Å². The lowest BCUT2D eigenvalue weighted by atomic mass is 9.62. The van der Waals surface area contributed by atoms with Crippen LogP contribution in [-0.2, 0) is 12.0 Å². The topological polar surface area (TPSA) is 48.3 Å². The van der Waals surface area contributed by atoms with Gasteiger partial charge in [-0.3, -0.25) is 0 Å². The highest BCUT2D eigenvalue weighted by Gasteiger charge is 2.47. The fourth-order valence-electron chi connectivity index (χ4n) is 6.35. The molecule has 4 rings (SSSR count). The van der Waals surface area contributed by atoms with Crippen LogP contribution in [0.4, 0.5) is 0 Å². The molecule has 176 valence electrons. The van der Waals surface area contributed by atoms with E-state index < -0.39 is 0 Å². The van der Waals surface area contributed by atoms with Crippen molar-refractivity contribution in [1.82, 2.24) is 10.2 Å². The molecule has 1 N–H and O–H groups in total. The Bertz CT molecular complexity index is 923. The summed E-state index contributed by atoms with van der Waals surface area (Å²) in [5, 5.41) is 13.0. The second-order valence-electron chi connectivity index (χ2n) is 9.67. The lowest BCUT2D eigenvalue weighted by Crippen LogP contribution is -2.59. The van der Waals surface area contributed by atoms with Crippen molar-refractivity contribution in [1.29, 1.82) is 5.26 Å². The fraction of sp³-hybridized carbons (Fsp3) is 0.552. The van der Waals surface area contributed by atoms with E-state index in [9.17, 15) is 0 Å². The molecule has 4 heteroatoms. The van der Waals surface area contributed by atoms with E-state index in [0.29, 0.717) is 17.4 Å². The third-order valence-electron chi connectivity index (χ3n) is 8.01. The normalized spacial score (nSPS) is 21.5. The minimum atomic E-state index is 0.128. The molecular weight excluding hydrogens is 406 g/mol. The summed E-state index contributed by atoms with van der Waals surface area (Å²) < 4.78 is 5.88. The molecular formula is C29H39N3O. The van der Waals surface area contributed by atoms with E-state index >= 15 is 0 Å². The average Bonchev–Trinajstić information content (AvgIpc) is 2.88. The number of hydrogen-bond acceptors (Lipinski definition) is 4. The van der Waals surface area contributed by atoms with Crippen LogP contribution < -0.4 is 10.1 Å². The van der Waals surface area contributed by atoms with Gasteiger partial charge in [0, 0.05) is 18.6 Å². The minimum absolute atomic E-state index is 0.128. The van der Waals surface area contributed by atoms with E-state index in [1.54, 1.807) is 11.1 Å². The molecule has 0 aromatic heterocycles. The number of nitrogens with one attached hydrogen (secondary N) is 1. The van der Waals surface area contributed by atoms with Gasteiger partial charge in [-0.15, -0.1) is 0 Å². The molecule has 1 unspecified atom stereocenters. The summed E-state index contributed by atoms with van der Waals surface area (Å²) in [6.07, 6.45) is 7.15. The van der Waals surface area contributed by atoms with Gasteiger partial charge in [0.2, 0.25) is 0 Å². The van der Waals surface area contributed by atoms with Crippen molar-refractivity contribution in [3.05, 3.63) is 65.2 Å². The molecule has 0 spiro atoms. The summed E-state index contributed by atoms with van der Waals surface area (Å²) in [7, 11) is 0. The van der Waals surface area contributed by atoms with Gasteiger partial charge in [0.1, 0.15) is 5.75 Å². The highest BCUT2D eigenvalue weighted by molar-refractivity contribution is 5.38. The predicted molar refractivity (Wildman–Crippen MR) is 134 cm³/mol. The monoisotopic (exact) mass is 445 g/mol. The molecule has 2 aliphatic heterocycles. The zero-order valence-electron chi connectivity index (χ0n) is 20.4. The van der Waals surface area contributed by atoms with Crippen molar-refractivity contribution in [2.24, 2.45) is 11.8 Å². The van der Waals surface area contributed by atoms with Crippen LogP contribution in [0.15, 0.2) is 48.5 Å². The first-order valence-corrected chi connectivity index (χ1v) is 12.9. The molecule has 1 saturated heterocycles. The van der Waals surface area contributed by atoms with Crippen molar-refractivity contribution in [3.63, 3.8) is 0 Å². The Hall–Kier alpha value is -2.35. The van der Waals surface area contributed by atoms with Crippen LogP contribution in [0.1, 0.15) is 62.6 Å². The first-order chi connectivity index (χ1) is 16.2. The Labute approximate surface area is 199 Å². The largest absolute Gasteiger partial charge is 0.494 e. The van der Waals surface area contributed by atoms with Gasteiger partial charge in [-0.05, 0) is 86.0 Å². The van der Waals surface area contributed by atoms with Gasteiger partial charge in [-0.1, -0.05) is 51.0 Å². The summed E-state index contributed by atoms with van der Waals surface area (Å²) in [5.41, 5.74) is 3.94. The highest BCUT2D eigenvalue weighted by Crippen LogP contribution is 2.47. The molecule has 2 aliphatic rings. The van der Waals surface area contributed by atoms with Gasteiger partial charge < -0.3 is 15.0 Å². The fourth-order valence-corrected chi connectivity index (χ4v) is 6.35. The Morgan fingerprint density at radius 1 is 1.09 bits per heavy atom. The molecule has 0 saturated carbocycles. The number of ether oxygens (including phenoxy) is 1. The molecule has 0 bridgehead atoms. The number of likely N-dealkylation sites (tertiary alicyclic amines) is 1. The van der Waals surface area contributed by atoms with Gasteiger partial charge in [0.05, 0.1) is 18.2 Å². The number of benzene rings is 2. The summed E-state index contributed by atoms with van der Waals surface area (Å²) >= 11 is 0. The van der Waals surface area contributed by atoms with E-state index in [1.165, 1.54) is 38.8 Å². The third-order valence-corrected chi connectivity index (χ3v) is 8.01. The van der Waals surface area contributed by atoms with Crippen molar-refractivity contribution >= 4 is 0 Å². The van der Waals surface area contributed by atoms with Gasteiger partial charge in [-0.25, -0.2) is 0 Å². The Balaban J connectivity index is 1.34. The number of fused-ring (bicyclic) bond motifs is 1. The van der Waals surface area contributed by atoms with Crippen LogP contribution in [0, 0.1) is 23.2 Å². The van der Waals surface area contributed by atoms with Crippen LogP contribution in [0.25, 0.3) is 0 Å². The first-order valence-electron chi connectivity index (χ1n) is 12.9. The van der Waals surface area contributed by atoms with Crippen molar-refractivity contribution < 1.29 is 4.74 Å². The molecule has 2 aromatic carbocycles. The van der Waals surface area contributed by atoms with Gasteiger partial charge >= 0.3 is 0 Å². The maximum Gasteiger partial charge on any atom is 0.119 e. The highest BCUT2D eigenvalue weighted by atomic mass is 16.5. The number of nitriles is 1. The maximum absolute atomic E-state index is 8.91. The Morgan fingerprint density at radius 2 is 1.82 bits per heavy atom. The Kier molecular flexibility index (Phi) is 8.06. The molecule has 0 amide bonds. The quantitative estimate of drug-likeness (QED) is 0.517. The number of hydrogen-bond donors (Lipinski definition) is 1. The third kappa shape index (κ3) is 5.10. The van der Waals surface area contributed by atoms with Crippen molar-refractivity contribution in [2.45, 2.75) is 57.9 Å². The Morgan fingerprint density at radius 3 is 2.52 bits per heavy atom. The minimum Gasteiger partial charge on any atom is -0.494 e. The summed E-state index contributed by atoms with van der Waals surface area (Å²) in [6, 6.07) is 18.8. The average molecular weight is 446 g/mol. The molecule has 4 nitrogen and oxygen atoms in total. The molecule has 2 heterocycles. The van der Waals surface area contributed by atoms with Crippen LogP contribution in [0.2, 0.25) is 0 Å². The molecule has 0 radical (unpaired) electrons. The summed E-state index contributed by atoms with van der Waals surface area (Å²) in [6.45, 7) is 10.0. The van der Waals surface area contributed by atoms with Crippen LogP contribution in [-0.4, -0.2) is 37.7 Å². The second-order valence-corrected chi connectivity index (χ2v) is 9.67. The van der Waals surface area contributed by atoms with Crippen LogP contribution >= 0.6 is 0 Å². The van der Waals surface area contributed by atoms with Crippen molar-refractivity contribution in [2.75, 3.05) is 32.8 Å².